The number of allylic oxidation sites excluding steroid dienone is 1. The summed E-state index contributed by atoms with van der Waals surface area (Å²) in [4.78, 5) is 0. The number of hydrogen-bond acceptors (Lipinski definition) is 3. The van der Waals surface area contributed by atoms with Gasteiger partial charge in [0.25, 0.3) is 0 Å². The van der Waals surface area contributed by atoms with E-state index in [-0.39, 0.29) is 23.4 Å². The van der Waals surface area contributed by atoms with Gasteiger partial charge in [0.1, 0.15) is 0 Å². The van der Waals surface area contributed by atoms with Crippen molar-refractivity contribution in [2.45, 2.75) is 103 Å². The molecule has 1 atom stereocenters. The third-order valence-corrected chi connectivity index (χ3v) is 10.8. The summed E-state index contributed by atoms with van der Waals surface area (Å²) in [5, 5.41) is 0.267. The van der Waals surface area contributed by atoms with Crippen molar-refractivity contribution in [3.8, 4) is 0 Å². The summed E-state index contributed by atoms with van der Waals surface area (Å²) < 4.78 is 18.9. The zero-order valence-corrected chi connectivity index (χ0v) is 17.6. The summed E-state index contributed by atoms with van der Waals surface area (Å²) >= 11 is 0. The molecule has 1 heterocycles. The van der Waals surface area contributed by atoms with Crippen LogP contribution in [0, 0.1) is 0 Å². The fourth-order valence-corrected chi connectivity index (χ4v) is 4.14. The van der Waals surface area contributed by atoms with Crippen molar-refractivity contribution in [2.24, 2.45) is 0 Å². The van der Waals surface area contributed by atoms with Gasteiger partial charge >= 0.3 is 7.12 Å². The molecule has 0 saturated carbocycles. The first kappa shape index (κ1) is 19.2. The second kappa shape index (κ2) is 6.01. The molecular weight excluding hydrogens is 303 g/mol. The molecule has 0 aromatic heterocycles. The summed E-state index contributed by atoms with van der Waals surface area (Å²) in [7, 11) is -1.87. The highest BCUT2D eigenvalue weighted by Gasteiger charge is 2.52. The van der Waals surface area contributed by atoms with Gasteiger partial charge in [-0.1, -0.05) is 26.8 Å². The summed E-state index contributed by atoms with van der Waals surface area (Å²) in [6, 6.07) is 0. The molecule has 1 aliphatic carbocycles. The summed E-state index contributed by atoms with van der Waals surface area (Å²) in [5.74, 6) is 0. The number of rotatable bonds is 3. The third kappa shape index (κ3) is 3.94. The SMILES string of the molecule is CC1(C)OB(C2=CC[C@@H](O[Si](C)(C)C(C)(C)C)CC2)OC1(C)C. The van der Waals surface area contributed by atoms with Gasteiger partial charge in [0.05, 0.1) is 11.2 Å². The zero-order chi connectivity index (χ0) is 17.7. The van der Waals surface area contributed by atoms with Gasteiger partial charge in [-0.2, -0.15) is 0 Å². The van der Waals surface area contributed by atoms with Crippen LogP contribution in [0.3, 0.4) is 0 Å². The van der Waals surface area contributed by atoms with E-state index >= 15 is 0 Å². The lowest BCUT2D eigenvalue weighted by Crippen LogP contribution is -2.44. The topological polar surface area (TPSA) is 27.7 Å². The van der Waals surface area contributed by atoms with Crippen LogP contribution in [0.15, 0.2) is 11.5 Å². The average Bonchev–Trinajstić information content (AvgIpc) is 2.57. The molecule has 23 heavy (non-hydrogen) atoms. The van der Waals surface area contributed by atoms with Crippen molar-refractivity contribution in [1.29, 1.82) is 0 Å². The van der Waals surface area contributed by atoms with Crippen LogP contribution in [-0.4, -0.2) is 32.7 Å². The van der Waals surface area contributed by atoms with Gasteiger partial charge in [0.15, 0.2) is 8.32 Å². The Morgan fingerprint density at radius 1 is 1.13 bits per heavy atom. The second-order valence-electron chi connectivity index (χ2n) is 9.64. The lowest BCUT2D eigenvalue weighted by atomic mass is 9.72. The van der Waals surface area contributed by atoms with Crippen LogP contribution in [0.5, 0.6) is 0 Å². The van der Waals surface area contributed by atoms with E-state index in [1.807, 2.05) is 0 Å². The second-order valence-corrected chi connectivity index (χ2v) is 14.4. The Balaban J connectivity index is 1.98. The van der Waals surface area contributed by atoms with Gasteiger partial charge < -0.3 is 13.7 Å². The lowest BCUT2D eigenvalue weighted by molar-refractivity contribution is 0.00578. The van der Waals surface area contributed by atoms with E-state index in [1.165, 1.54) is 5.47 Å². The van der Waals surface area contributed by atoms with Crippen molar-refractivity contribution < 1.29 is 13.7 Å². The molecule has 5 heteroatoms. The standard InChI is InChI=1S/C18H35BO3Si/c1-16(2,3)23(8,9)20-15-12-10-14(11-13-15)19-21-17(4,5)18(6,7)22-19/h10,15H,11-13H2,1-9H3/t15-/m1/s1. The highest BCUT2D eigenvalue weighted by Crippen LogP contribution is 2.42. The first-order valence-corrected chi connectivity index (χ1v) is 11.9. The molecule has 1 aliphatic heterocycles. The largest absolute Gasteiger partial charge is 0.490 e. The van der Waals surface area contributed by atoms with Crippen LogP contribution in [0.1, 0.15) is 67.7 Å². The molecule has 2 aliphatic rings. The normalized spacial score (nSPS) is 28.0. The van der Waals surface area contributed by atoms with Gasteiger partial charge in [0, 0.05) is 6.10 Å². The lowest BCUT2D eigenvalue weighted by Gasteiger charge is -2.40. The van der Waals surface area contributed by atoms with E-state index in [1.54, 1.807) is 0 Å². The number of hydrogen-bond donors (Lipinski definition) is 0. The predicted molar refractivity (Wildman–Crippen MR) is 100 cm³/mol. The Morgan fingerprint density at radius 3 is 2.04 bits per heavy atom. The Kier molecular flexibility index (Phi) is 5.02. The van der Waals surface area contributed by atoms with Crippen molar-refractivity contribution in [3.05, 3.63) is 11.5 Å². The van der Waals surface area contributed by atoms with Crippen molar-refractivity contribution in [2.75, 3.05) is 0 Å². The molecule has 0 N–H and O–H groups in total. The van der Waals surface area contributed by atoms with Gasteiger partial charge in [-0.05, 0) is 70.6 Å². The fourth-order valence-electron chi connectivity index (χ4n) is 2.74. The molecule has 2 rings (SSSR count). The molecule has 132 valence electrons. The fraction of sp³-hybridized carbons (Fsp3) is 0.889. The molecule has 0 aromatic carbocycles. The van der Waals surface area contributed by atoms with Crippen LogP contribution in [0.4, 0.5) is 0 Å². The molecule has 3 nitrogen and oxygen atoms in total. The van der Waals surface area contributed by atoms with E-state index in [4.69, 9.17) is 13.7 Å². The van der Waals surface area contributed by atoms with Gasteiger partial charge in [-0.15, -0.1) is 0 Å². The molecule has 0 radical (unpaired) electrons. The molecule has 0 unspecified atom stereocenters. The first-order valence-electron chi connectivity index (χ1n) is 8.98. The Morgan fingerprint density at radius 2 is 1.65 bits per heavy atom. The van der Waals surface area contributed by atoms with E-state index < -0.39 is 8.32 Å². The third-order valence-electron chi connectivity index (χ3n) is 6.22. The maximum Gasteiger partial charge on any atom is 0.490 e. The van der Waals surface area contributed by atoms with E-state index in [0.29, 0.717) is 6.10 Å². The first-order chi connectivity index (χ1) is 10.3. The summed E-state index contributed by atoms with van der Waals surface area (Å²) in [6.45, 7) is 20.0. The molecule has 0 amide bonds. The Labute approximate surface area is 144 Å². The minimum Gasteiger partial charge on any atom is -0.414 e. The van der Waals surface area contributed by atoms with Gasteiger partial charge in [0.2, 0.25) is 0 Å². The van der Waals surface area contributed by atoms with E-state index in [0.717, 1.165) is 19.3 Å². The van der Waals surface area contributed by atoms with Crippen molar-refractivity contribution in [1.82, 2.24) is 0 Å². The maximum atomic E-state index is 6.55. The molecule has 1 saturated heterocycles. The average molecular weight is 338 g/mol. The smallest absolute Gasteiger partial charge is 0.414 e. The summed E-state index contributed by atoms with van der Waals surface area (Å²) in [6.07, 6.45) is 5.70. The zero-order valence-electron chi connectivity index (χ0n) is 16.6. The van der Waals surface area contributed by atoms with Crippen molar-refractivity contribution in [3.63, 3.8) is 0 Å². The van der Waals surface area contributed by atoms with Crippen LogP contribution in [-0.2, 0) is 13.7 Å². The van der Waals surface area contributed by atoms with Crippen LogP contribution < -0.4 is 0 Å². The molecule has 0 aromatic rings. The monoisotopic (exact) mass is 338 g/mol. The summed E-state index contributed by atoms with van der Waals surface area (Å²) in [5.41, 5.74) is 0.777. The van der Waals surface area contributed by atoms with Crippen LogP contribution in [0.2, 0.25) is 18.1 Å². The predicted octanol–water partition coefficient (Wildman–Crippen LogP) is 5.12. The van der Waals surface area contributed by atoms with Crippen molar-refractivity contribution >= 4 is 15.4 Å². The van der Waals surface area contributed by atoms with Crippen LogP contribution in [0.25, 0.3) is 0 Å². The molecular formula is C18H35BO3Si. The van der Waals surface area contributed by atoms with E-state index in [9.17, 15) is 0 Å². The van der Waals surface area contributed by atoms with Gasteiger partial charge in [-0.3, -0.25) is 0 Å². The van der Waals surface area contributed by atoms with E-state index in [2.05, 4.69) is 67.6 Å². The Bertz CT molecular complexity index is 461. The minimum atomic E-state index is -1.68. The quantitative estimate of drug-likeness (QED) is 0.669. The molecule has 0 spiro atoms. The minimum absolute atomic E-state index is 0.186. The molecule has 1 fully saturated rings. The maximum absolute atomic E-state index is 6.55. The molecule has 0 bridgehead atoms. The van der Waals surface area contributed by atoms with Gasteiger partial charge in [-0.25, -0.2) is 0 Å². The highest BCUT2D eigenvalue weighted by molar-refractivity contribution is 6.74. The highest BCUT2D eigenvalue weighted by atomic mass is 28.4. The van der Waals surface area contributed by atoms with Crippen LogP contribution >= 0.6 is 0 Å². The Hall–Kier alpha value is -0.0982.